The minimum absolute atomic E-state index is 0.179. The fourth-order valence-electron chi connectivity index (χ4n) is 2.70. The molecule has 0 aliphatic rings. The first-order chi connectivity index (χ1) is 10.8. The van der Waals surface area contributed by atoms with E-state index in [4.69, 9.17) is 0 Å². The second-order valence-electron chi connectivity index (χ2n) is 5.18. The maximum absolute atomic E-state index is 11.1. The Kier molecular flexibility index (Phi) is 4.05. The van der Waals surface area contributed by atoms with Gasteiger partial charge in [-0.05, 0) is 28.5 Å². The minimum atomic E-state index is -0.183. The Morgan fingerprint density at radius 1 is 0.955 bits per heavy atom. The lowest BCUT2D eigenvalue weighted by Crippen LogP contribution is -2.12. The van der Waals surface area contributed by atoms with Crippen molar-refractivity contribution in [1.29, 1.82) is 0 Å². The highest BCUT2D eigenvalue weighted by Gasteiger charge is 2.15. The molecule has 110 valence electrons. The number of hydrogen-bond donors (Lipinski definition) is 2. The Morgan fingerprint density at radius 3 is 2.50 bits per heavy atom. The van der Waals surface area contributed by atoms with Gasteiger partial charge in [-0.1, -0.05) is 54.6 Å². The van der Waals surface area contributed by atoms with E-state index in [9.17, 15) is 9.90 Å². The number of carbonyl (C=O) groups excluding carboxylic acids is 1. The number of fused-ring (bicyclic) bond motifs is 1. The number of hydrogen-bond acceptors (Lipinski definition) is 3. The van der Waals surface area contributed by atoms with E-state index in [-0.39, 0.29) is 11.8 Å². The summed E-state index contributed by atoms with van der Waals surface area (Å²) in [4.78, 5) is 11.1. The molecule has 22 heavy (non-hydrogen) atoms. The van der Waals surface area contributed by atoms with Gasteiger partial charge in [0.25, 0.3) is 0 Å². The van der Waals surface area contributed by atoms with E-state index < -0.39 is 0 Å². The molecule has 0 amide bonds. The average Bonchev–Trinajstić information content (AvgIpc) is 2.56. The van der Waals surface area contributed by atoms with Gasteiger partial charge in [0.2, 0.25) is 0 Å². The zero-order valence-corrected chi connectivity index (χ0v) is 12.1. The van der Waals surface area contributed by atoms with Crippen LogP contribution in [0.25, 0.3) is 10.8 Å². The quantitative estimate of drug-likeness (QED) is 0.544. The SMILES string of the molecule is O=CCC(Nc1ccccc1O)c1cccc2ccccc12. The van der Waals surface area contributed by atoms with Crippen LogP contribution in [-0.4, -0.2) is 11.4 Å². The van der Waals surface area contributed by atoms with Crippen LogP contribution in [0.15, 0.2) is 66.7 Å². The van der Waals surface area contributed by atoms with E-state index in [0.29, 0.717) is 12.1 Å². The number of phenolic OH excluding ortho intramolecular Hbond substituents is 1. The topological polar surface area (TPSA) is 49.3 Å². The van der Waals surface area contributed by atoms with E-state index in [0.717, 1.165) is 22.6 Å². The van der Waals surface area contributed by atoms with Crippen molar-refractivity contribution in [1.82, 2.24) is 0 Å². The summed E-state index contributed by atoms with van der Waals surface area (Å²) in [6.07, 6.45) is 1.24. The van der Waals surface area contributed by atoms with Crippen molar-refractivity contribution in [3.05, 3.63) is 72.3 Å². The van der Waals surface area contributed by atoms with E-state index >= 15 is 0 Å². The molecule has 0 aliphatic carbocycles. The van der Waals surface area contributed by atoms with E-state index in [1.165, 1.54) is 0 Å². The molecule has 1 unspecified atom stereocenters. The number of aldehydes is 1. The predicted octanol–water partition coefficient (Wildman–Crippen LogP) is 4.29. The number of phenols is 1. The number of benzene rings is 3. The van der Waals surface area contributed by atoms with Crippen molar-refractivity contribution >= 4 is 22.7 Å². The summed E-state index contributed by atoms with van der Waals surface area (Å²) in [5, 5.41) is 15.5. The standard InChI is InChI=1S/C19H17NO2/c21-13-12-17(20-18-10-3-4-11-19(18)22)16-9-5-7-14-6-1-2-8-15(14)16/h1-11,13,17,20,22H,12H2. The van der Waals surface area contributed by atoms with Gasteiger partial charge in [0, 0.05) is 6.42 Å². The number of aromatic hydroxyl groups is 1. The van der Waals surface area contributed by atoms with Gasteiger partial charge in [0.1, 0.15) is 12.0 Å². The van der Waals surface area contributed by atoms with Gasteiger partial charge in [-0.15, -0.1) is 0 Å². The van der Waals surface area contributed by atoms with Gasteiger partial charge in [-0.25, -0.2) is 0 Å². The molecule has 3 aromatic rings. The summed E-state index contributed by atoms with van der Waals surface area (Å²) in [5.41, 5.74) is 1.68. The lowest BCUT2D eigenvalue weighted by molar-refractivity contribution is -0.108. The highest BCUT2D eigenvalue weighted by molar-refractivity contribution is 5.86. The molecule has 1 atom stereocenters. The molecule has 0 saturated heterocycles. The van der Waals surface area contributed by atoms with E-state index in [1.54, 1.807) is 18.2 Å². The third-order valence-corrected chi connectivity index (χ3v) is 3.76. The van der Waals surface area contributed by atoms with Gasteiger partial charge < -0.3 is 15.2 Å². The van der Waals surface area contributed by atoms with Crippen LogP contribution >= 0.6 is 0 Å². The van der Waals surface area contributed by atoms with Crippen molar-refractivity contribution in [2.45, 2.75) is 12.5 Å². The third kappa shape index (κ3) is 2.79. The number of rotatable bonds is 5. The molecule has 0 saturated carbocycles. The van der Waals surface area contributed by atoms with E-state index in [2.05, 4.69) is 23.5 Å². The Hall–Kier alpha value is -2.81. The summed E-state index contributed by atoms with van der Waals surface area (Å²) in [6.45, 7) is 0. The van der Waals surface area contributed by atoms with Crippen molar-refractivity contribution in [2.75, 3.05) is 5.32 Å². The fraction of sp³-hybridized carbons (Fsp3) is 0.105. The van der Waals surface area contributed by atoms with Crippen LogP contribution in [0.4, 0.5) is 5.69 Å². The molecule has 0 radical (unpaired) electrons. The van der Waals surface area contributed by atoms with Gasteiger partial charge in [0.05, 0.1) is 11.7 Å². The zero-order chi connectivity index (χ0) is 15.4. The van der Waals surface area contributed by atoms with Crippen LogP contribution in [-0.2, 0) is 4.79 Å². The van der Waals surface area contributed by atoms with Crippen molar-refractivity contribution in [2.24, 2.45) is 0 Å². The third-order valence-electron chi connectivity index (χ3n) is 3.76. The molecule has 0 spiro atoms. The lowest BCUT2D eigenvalue weighted by atomic mass is 9.97. The molecule has 0 aliphatic heterocycles. The molecular formula is C19H17NO2. The first-order valence-electron chi connectivity index (χ1n) is 7.25. The Labute approximate surface area is 129 Å². The normalized spacial score (nSPS) is 12.0. The molecule has 0 heterocycles. The maximum Gasteiger partial charge on any atom is 0.138 e. The Bertz CT molecular complexity index is 793. The number of nitrogens with one attached hydrogen (secondary N) is 1. The summed E-state index contributed by atoms with van der Waals surface area (Å²) < 4.78 is 0. The van der Waals surface area contributed by atoms with Crippen LogP contribution in [0.3, 0.4) is 0 Å². The summed E-state index contributed by atoms with van der Waals surface area (Å²) in [6, 6.07) is 21.0. The van der Waals surface area contributed by atoms with Crippen LogP contribution in [0.5, 0.6) is 5.75 Å². The average molecular weight is 291 g/mol. The summed E-state index contributed by atoms with van der Waals surface area (Å²) >= 11 is 0. The second kappa shape index (κ2) is 6.31. The van der Waals surface area contributed by atoms with Crippen LogP contribution < -0.4 is 5.32 Å². The molecule has 0 bridgehead atoms. The Morgan fingerprint density at radius 2 is 1.68 bits per heavy atom. The molecule has 2 N–H and O–H groups in total. The monoisotopic (exact) mass is 291 g/mol. The predicted molar refractivity (Wildman–Crippen MR) is 89.1 cm³/mol. The second-order valence-corrected chi connectivity index (χ2v) is 5.18. The molecule has 3 aromatic carbocycles. The maximum atomic E-state index is 11.1. The molecular weight excluding hydrogens is 274 g/mol. The summed E-state index contributed by atoms with van der Waals surface area (Å²) in [5.74, 6) is 0.179. The first kappa shape index (κ1) is 14.1. The highest BCUT2D eigenvalue weighted by Crippen LogP contribution is 2.31. The van der Waals surface area contributed by atoms with Crippen molar-refractivity contribution in [3.63, 3.8) is 0 Å². The van der Waals surface area contributed by atoms with Gasteiger partial charge in [-0.3, -0.25) is 0 Å². The van der Waals surface area contributed by atoms with Crippen molar-refractivity contribution < 1.29 is 9.90 Å². The van der Waals surface area contributed by atoms with Gasteiger partial charge >= 0.3 is 0 Å². The minimum Gasteiger partial charge on any atom is -0.506 e. The Balaban J connectivity index is 2.03. The van der Waals surface area contributed by atoms with Crippen LogP contribution in [0, 0.1) is 0 Å². The van der Waals surface area contributed by atoms with Gasteiger partial charge in [-0.2, -0.15) is 0 Å². The van der Waals surface area contributed by atoms with Crippen LogP contribution in [0.1, 0.15) is 18.0 Å². The smallest absolute Gasteiger partial charge is 0.138 e. The molecule has 0 aromatic heterocycles. The molecule has 3 rings (SSSR count). The van der Waals surface area contributed by atoms with Gasteiger partial charge in [0.15, 0.2) is 0 Å². The van der Waals surface area contributed by atoms with Crippen LogP contribution in [0.2, 0.25) is 0 Å². The summed E-state index contributed by atoms with van der Waals surface area (Å²) in [7, 11) is 0. The molecule has 3 nitrogen and oxygen atoms in total. The van der Waals surface area contributed by atoms with E-state index in [1.807, 2.05) is 30.3 Å². The number of para-hydroxylation sites is 2. The zero-order valence-electron chi connectivity index (χ0n) is 12.1. The van der Waals surface area contributed by atoms with Crippen molar-refractivity contribution in [3.8, 4) is 5.75 Å². The molecule has 3 heteroatoms. The first-order valence-corrected chi connectivity index (χ1v) is 7.25. The fourth-order valence-corrected chi connectivity index (χ4v) is 2.70. The molecule has 0 fully saturated rings. The lowest BCUT2D eigenvalue weighted by Gasteiger charge is -2.20. The number of carbonyl (C=O) groups is 1. The largest absolute Gasteiger partial charge is 0.506 e. The highest BCUT2D eigenvalue weighted by atomic mass is 16.3. The number of anilines is 1.